The molecule has 43 heavy (non-hydrogen) atoms. The van der Waals surface area contributed by atoms with Gasteiger partial charge in [0.25, 0.3) is 11.8 Å². The van der Waals surface area contributed by atoms with Gasteiger partial charge in [-0.3, -0.25) is 19.5 Å². The molecule has 1 aromatic heterocycles. The Morgan fingerprint density at radius 1 is 0.884 bits per heavy atom. The number of nitrogens with zero attached hydrogens (tertiary/aromatic N) is 2. The average Bonchev–Trinajstić information content (AvgIpc) is 3.25. The Labute approximate surface area is 257 Å². The van der Waals surface area contributed by atoms with E-state index in [1.54, 1.807) is 31.4 Å². The van der Waals surface area contributed by atoms with Crippen LogP contribution in [0, 0.1) is 6.92 Å². The molecule has 7 nitrogen and oxygen atoms in total. The van der Waals surface area contributed by atoms with Crippen molar-refractivity contribution >= 4 is 28.4 Å². The number of aromatic nitrogens is 1. The third-order valence-corrected chi connectivity index (χ3v) is 8.40. The predicted octanol–water partition coefficient (Wildman–Crippen LogP) is 8.73. The monoisotopic (exact) mass is 587 g/mol. The van der Waals surface area contributed by atoms with Crippen molar-refractivity contribution in [3.8, 4) is 11.5 Å². The van der Waals surface area contributed by atoms with E-state index in [9.17, 15) is 9.59 Å². The Morgan fingerprint density at radius 3 is 2.14 bits per heavy atom. The first kappa shape index (κ1) is 32.3. The molecule has 232 valence electrons. The van der Waals surface area contributed by atoms with Gasteiger partial charge in [0.05, 0.1) is 41.4 Å². The molecule has 0 saturated heterocycles. The normalized spacial score (nSPS) is 13.4. The van der Waals surface area contributed by atoms with Gasteiger partial charge >= 0.3 is 0 Å². The molecule has 1 atom stereocenters. The number of nitrogens with one attached hydrogen (secondary N) is 1. The molecule has 0 saturated carbocycles. The Morgan fingerprint density at radius 2 is 1.51 bits per heavy atom. The minimum absolute atomic E-state index is 0.0869. The van der Waals surface area contributed by atoms with E-state index in [0.717, 1.165) is 40.7 Å². The van der Waals surface area contributed by atoms with E-state index in [-0.39, 0.29) is 17.9 Å². The minimum atomic E-state index is -0.204. The van der Waals surface area contributed by atoms with Gasteiger partial charge in [0.15, 0.2) is 11.5 Å². The predicted molar refractivity (Wildman–Crippen MR) is 174 cm³/mol. The molecule has 4 rings (SSSR count). The van der Waals surface area contributed by atoms with E-state index in [1.165, 1.54) is 62.7 Å². The zero-order valence-electron chi connectivity index (χ0n) is 26.5. The number of amides is 2. The summed E-state index contributed by atoms with van der Waals surface area (Å²) in [6.45, 7) is 7.49. The lowest BCUT2D eigenvalue weighted by Crippen LogP contribution is -2.31. The molecule has 3 aromatic rings. The summed E-state index contributed by atoms with van der Waals surface area (Å²) in [4.78, 5) is 31.5. The van der Waals surface area contributed by atoms with Crippen LogP contribution in [0.5, 0.6) is 11.5 Å². The van der Waals surface area contributed by atoms with Crippen molar-refractivity contribution in [3.63, 3.8) is 0 Å². The lowest BCUT2D eigenvalue weighted by molar-refractivity contribution is 0.0651. The molecule has 1 aliphatic rings. The Hall–Kier alpha value is -3.61. The highest BCUT2D eigenvalue weighted by Gasteiger charge is 2.34. The highest BCUT2D eigenvalue weighted by molar-refractivity contribution is 6.21. The summed E-state index contributed by atoms with van der Waals surface area (Å²) >= 11 is 0. The Balaban J connectivity index is 1.31. The summed E-state index contributed by atoms with van der Waals surface area (Å²) < 4.78 is 12.2. The zero-order chi connectivity index (χ0) is 30.6. The zero-order valence-corrected chi connectivity index (χ0v) is 26.5. The number of carbonyl (C=O) groups excluding carboxylic acids is 2. The van der Waals surface area contributed by atoms with E-state index in [2.05, 4.69) is 26.1 Å². The van der Waals surface area contributed by atoms with Gasteiger partial charge in [-0.2, -0.15) is 0 Å². The first-order chi connectivity index (χ1) is 21.0. The molecule has 1 N–H and O–H groups in total. The van der Waals surface area contributed by atoms with E-state index in [0.29, 0.717) is 36.4 Å². The Bertz CT molecular complexity index is 1340. The van der Waals surface area contributed by atoms with E-state index in [1.807, 2.05) is 18.3 Å². The number of ether oxygens (including phenoxy) is 2. The summed E-state index contributed by atoms with van der Waals surface area (Å²) in [7, 11) is 1.68. The van der Waals surface area contributed by atoms with Gasteiger partial charge in [0.2, 0.25) is 0 Å². The van der Waals surface area contributed by atoms with Crippen molar-refractivity contribution in [1.82, 2.24) is 9.88 Å². The molecular weight excluding hydrogens is 538 g/mol. The first-order valence-electron chi connectivity index (χ1n) is 16.3. The first-order valence-corrected chi connectivity index (χ1v) is 16.3. The molecule has 0 fully saturated rings. The van der Waals surface area contributed by atoms with Crippen LogP contribution in [0.3, 0.4) is 0 Å². The summed E-state index contributed by atoms with van der Waals surface area (Å²) in [6.07, 6.45) is 16.2. The van der Waals surface area contributed by atoms with Crippen LogP contribution >= 0.6 is 0 Å². The van der Waals surface area contributed by atoms with E-state index in [4.69, 9.17) is 14.5 Å². The summed E-state index contributed by atoms with van der Waals surface area (Å²) in [6, 6.07) is 11.1. The molecule has 1 aliphatic heterocycles. The number of carbonyl (C=O) groups is 2. The third-order valence-electron chi connectivity index (χ3n) is 8.40. The number of methoxy groups -OCH3 is 1. The van der Waals surface area contributed by atoms with Gasteiger partial charge in [0.1, 0.15) is 0 Å². The smallest absolute Gasteiger partial charge is 0.261 e. The molecule has 7 heteroatoms. The molecule has 0 aliphatic carbocycles. The van der Waals surface area contributed by atoms with Crippen molar-refractivity contribution in [3.05, 3.63) is 59.3 Å². The second kappa shape index (κ2) is 16.3. The lowest BCUT2D eigenvalue weighted by Gasteiger charge is -2.21. The van der Waals surface area contributed by atoms with Crippen LogP contribution in [0.1, 0.15) is 117 Å². The fourth-order valence-electron chi connectivity index (χ4n) is 5.94. The highest BCUT2D eigenvalue weighted by Crippen LogP contribution is 2.41. The van der Waals surface area contributed by atoms with Crippen molar-refractivity contribution in [2.45, 2.75) is 104 Å². The van der Waals surface area contributed by atoms with Gasteiger partial charge in [-0.15, -0.1) is 0 Å². The standard InChI is InChI=1S/C36H49N3O4/c1-5-6-7-8-9-10-11-12-13-16-24-43-34-31(42-4)25-30(33-32(34)26(2)21-22-37-33)38-27(3)18-17-23-39-35(40)28-19-14-15-20-29(28)36(39)41/h14-15,19-22,25,27,38H,5-13,16-18,23-24H2,1-4H3. The number of fused-ring (bicyclic) bond motifs is 2. The summed E-state index contributed by atoms with van der Waals surface area (Å²) in [5.41, 5.74) is 3.81. The quantitative estimate of drug-likeness (QED) is 0.112. The van der Waals surface area contributed by atoms with Crippen molar-refractivity contribution in [1.29, 1.82) is 0 Å². The number of benzene rings is 2. The van der Waals surface area contributed by atoms with Crippen molar-refractivity contribution in [2.75, 3.05) is 25.6 Å². The number of hydrogen-bond donors (Lipinski definition) is 1. The number of anilines is 1. The molecular formula is C36H49N3O4. The maximum absolute atomic E-state index is 12.7. The number of pyridine rings is 1. The van der Waals surface area contributed by atoms with Crippen LogP contribution in [-0.2, 0) is 0 Å². The maximum atomic E-state index is 12.7. The van der Waals surface area contributed by atoms with Crippen LogP contribution in [0.25, 0.3) is 10.9 Å². The van der Waals surface area contributed by atoms with Crippen LogP contribution in [0.15, 0.2) is 42.6 Å². The largest absolute Gasteiger partial charge is 0.493 e. The molecule has 0 radical (unpaired) electrons. The molecule has 2 amide bonds. The SMILES string of the molecule is CCCCCCCCCCCCOc1c(OC)cc(NC(C)CCCN2C(=O)c3ccccc3C2=O)c2nccc(C)c12. The molecule has 2 aromatic carbocycles. The van der Waals surface area contributed by atoms with Gasteiger partial charge in [0, 0.05) is 24.8 Å². The average molecular weight is 588 g/mol. The molecule has 0 spiro atoms. The van der Waals surface area contributed by atoms with Crippen LogP contribution < -0.4 is 14.8 Å². The molecule has 0 bridgehead atoms. The number of hydrogen-bond acceptors (Lipinski definition) is 6. The Kier molecular flexibility index (Phi) is 12.2. The number of aryl methyl sites for hydroxylation is 1. The van der Waals surface area contributed by atoms with Crippen LogP contribution in [0.2, 0.25) is 0 Å². The topological polar surface area (TPSA) is 80.8 Å². The number of rotatable bonds is 19. The lowest BCUT2D eigenvalue weighted by atomic mass is 10.1. The van der Waals surface area contributed by atoms with Crippen LogP contribution in [-0.4, -0.2) is 48.0 Å². The highest BCUT2D eigenvalue weighted by atomic mass is 16.5. The van der Waals surface area contributed by atoms with Gasteiger partial charge in [-0.25, -0.2) is 0 Å². The maximum Gasteiger partial charge on any atom is 0.261 e. The number of imide groups is 1. The van der Waals surface area contributed by atoms with E-state index >= 15 is 0 Å². The summed E-state index contributed by atoms with van der Waals surface area (Å²) in [5.74, 6) is 1.04. The van der Waals surface area contributed by atoms with Gasteiger partial charge in [-0.05, 0) is 56.9 Å². The molecule has 1 unspecified atom stereocenters. The fraction of sp³-hybridized carbons (Fsp3) is 0.528. The second-order valence-electron chi connectivity index (χ2n) is 11.8. The van der Waals surface area contributed by atoms with Crippen LogP contribution in [0.4, 0.5) is 5.69 Å². The third kappa shape index (κ3) is 8.27. The van der Waals surface area contributed by atoms with Crippen molar-refractivity contribution in [2.24, 2.45) is 0 Å². The summed E-state index contributed by atoms with van der Waals surface area (Å²) in [5, 5.41) is 4.57. The van der Waals surface area contributed by atoms with Gasteiger partial charge < -0.3 is 14.8 Å². The van der Waals surface area contributed by atoms with Crippen molar-refractivity contribution < 1.29 is 19.1 Å². The second-order valence-corrected chi connectivity index (χ2v) is 11.8. The minimum Gasteiger partial charge on any atom is -0.493 e. The van der Waals surface area contributed by atoms with E-state index < -0.39 is 0 Å². The molecule has 2 heterocycles. The van der Waals surface area contributed by atoms with Gasteiger partial charge in [-0.1, -0.05) is 76.8 Å². The fourth-order valence-corrected chi connectivity index (χ4v) is 5.94. The number of unbranched alkanes of at least 4 members (excludes halogenated alkanes) is 9.